The van der Waals surface area contributed by atoms with Crippen LogP contribution in [0.2, 0.25) is 0 Å². The van der Waals surface area contributed by atoms with Gasteiger partial charge in [-0.2, -0.15) is 0 Å². The number of likely N-dealkylation sites (tertiary alicyclic amines) is 2. The molecule has 5 heterocycles. The number of nitrogens with one attached hydrogen (secondary N) is 4. The molecule has 0 spiro atoms. The quantitative estimate of drug-likeness (QED) is 0.0990. The summed E-state index contributed by atoms with van der Waals surface area (Å²) < 4.78 is 21.7. The molecule has 3 aliphatic heterocycles. The predicted octanol–water partition coefficient (Wildman–Crippen LogP) is 6.95. The molecule has 4 aromatic carbocycles. The maximum atomic E-state index is 14.3. The van der Waals surface area contributed by atoms with Crippen molar-refractivity contribution in [3.05, 3.63) is 102 Å². The third-order valence-electron chi connectivity index (χ3n) is 13.4. The predicted molar refractivity (Wildman–Crippen MR) is 244 cm³/mol. The summed E-state index contributed by atoms with van der Waals surface area (Å²) in [5.41, 5.74) is 7.01. The molecule has 10 rings (SSSR count). The minimum absolute atomic E-state index is 0.0322. The van der Waals surface area contributed by atoms with Gasteiger partial charge in [-0.3, -0.25) is 9.59 Å². The maximum Gasteiger partial charge on any atom is 0.407 e. The number of hydrogen-bond donors (Lipinski definition) is 4. The molecule has 0 unspecified atom stereocenters. The third kappa shape index (κ3) is 7.52. The van der Waals surface area contributed by atoms with Gasteiger partial charge in [0.25, 0.3) is 5.91 Å². The van der Waals surface area contributed by atoms with Crippen molar-refractivity contribution in [3.8, 4) is 40.0 Å². The van der Waals surface area contributed by atoms with E-state index in [1.54, 1.807) is 23.1 Å². The van der Waals surface area contributed by atoms with E-state index in [9.17, 15) is 19.2 Å². The highest BCUT2D eigenvalue weighted by Gasteiger charge is 2.50. The first-order valence-corrected chi connectivity index (χ1v) is 22.2. The number of ether oxygens (including phenoxy) is 4. The first-order chi connectivity index (χ1) is 32.0. The number of amides is 4. The van der Waals surface area contributed by atoms with Crippen molar-refractivity contribution in [2.45, 2.75) is 63.5 Å². The van der Waals surface area contributed by atoms with Crippen LogP contribution < -0.4 is 15.4 Å². The lowest BCUT2D eigenvalue weighted by Gasteiger charge is -2.33. The van der Waals surface area contributed by atoms with Gasteiger partial charge < -0.3 is 49.3 Å². The average Bonchev–Trinajstić information content (AvgIpc) is 4.13. The van der Waals surface area contributed by atoms with E-state index in [1.165, 1.54) is 14.2 Å². The summed E-state index contributed by atoms with van der Waals surface area (Å²) in [7, 11) is 4.21. The van der Waals surface area contributed by atoms with Crippen molar-refractivity contribution in [1.82, 2.24) is 40.4 Å². The van der Waals surface area contributed by atoms with Gasteiger partial charge in [-0.15, -0.1) is 0 Å². The van der Waals surface area contributed by atoms with E-state index in [0.717, 1.165) is 55.5 Å². The number of carbonyl (C=O) groups excluding carboxylic acids is 4. The highest BCUT2D eigenvalue weighted by Crippen LogP contribution is 2.46. The molecule has 338 valence electrons. The summed E-state index contributed by atoms with van der Waals surface area (Å²) in [6.07, 6.45) is 1.70. The van der Waals surface area contributed by atoms with E-state index < -0.39 is 24.3 Å². The zero-order valence-electron chi connectivity index (χ0n) is 37.2. The third-order valence-corrected chi connectivity index (χ3v) is 13.4. The summed E-state index contributed by atoms with van der Waals surface area (Å²) in [5, 5.41) is 7.37. The number of H-pyrrole nitrogens is 2. The molecular weight excluding hydrogens is 841 g/mol. The first-order valence-electron chi connectivity index (χ1n) is 22.2. The molecule has 4 N–H and O–H groups in total. The Labute approximate surface area is 380 Å². The molecule has 4 amide bonds. The van der Waals surface area contributed by atoms with Crippen LogP contribution in [0.25, 0.3) is 44.2 Å². The summed E-state index contributed by atoms with van der Waals surface area (Å²) >= 11 is 0. The van der Waals surface area contributed by atoms with Gasteiger partial charge in [0, 0.05) is 30.5 Å². The molecule has 0 saturated carbocycles. The number of fused-ring (bicyclic) bond motifs is 7. The maximum absolute atomic E-state index is 14.3. The fourth-order valence-corrected chi connectivity index (χ4v) is 10.0. The fourth-order valence-electron chi connectivity index (χ4n) is 10.0. The number of hydrogen-bond acceptors (Lipinski definition) is 10. The topological polar surface area (TPSA) is 193 Å². The van der Waals surface area contributed by atoms with Gasteiger partial charge in [0.2, 0.25) is 5.91 Å². The molecular formula is C50H50N8O8. The Morgan fingerprint density at radius 2 is 1.67 bits per heavy atom. The summed E-state index contributed by atoms with van der Waals surface area (Å²) in [6.45, 7) is 5.04. The van der Waals surface area contributed by atoms with Crippen LogP contribution in [0.3, 0.4) is 0 Å². The SMILES string of the molecule is COC[C@H]1C[C@@H](c2ncc(-c3ccc4c(c3)COc3cc5c(ccc6[nH]c([C@@H]7C[C@@H]8C#C[C@@H]8N7C(=O)[C@@H](NC(=O)OC)C(C)C)nc65)cc3-4)[nH]2)N(C(=O)[C@H](NC(=O)OC)c2ccccc2)C1. The molecule has 2 aromatic heterocycles. The van der Waals surface area contributed by atoms with Crippen LogP contribution in [0.5, 0.6) is 5.75 Å². The van der Waals surface area contributed by atoms with Gasteiger partial charge >= 0.3 is 12.2 Å². The monoisotopic (exact) mass is 890 g/mol. The lowest BCUT2D eigenvalue weighted by atomic mass is 9.92. The number of carbonyl (C=O) groups is 4. The zero-order chi connectivity index (χ0) is 45.8. The van der Waals surface area contributed by atoms with Crippen LogP contribution >= 0.6 is 0 Å². The van der Waals surface area contributed by atoms with Crippen LogP contribution in [0, 0.1) is 29.6 Å². The Hall–Kier alpha value is -7.38. The van der Waals surface area contributed by atoms with Gasteiger partial charge in [-0.1, -0.05) is 74.2 Å². The Morgan fingerprint density at radius 1 is 0.864 bits per heavy atom. The van der Waals surface area contributed by atoms with E-state index in [4.69, 9.17) is 28.9 Å². The van der Waals surface area contributed by atoms with Crippen LogP contribution in [0.4, 0.5) is 9.59 Å². The Kier molecular flexibility index (Phi) is 11.1. The highest BCUT2D eigenvalue weighted by molar-refractivity contribution is 6.07. The second-order valence-corrected chi connectivity index (χ2v) is 17.7. The van der Waals surface area contributed by atoms with E-state index in [1.807, 2.05) is 56.3 Å². The number of aromatic nitrogens is 4. The Balaban J connectivity index is 0.914. The molecule has 2 fully saturated rings. The van der Waals surface area contributed by atoms with Crippen LogP contribution in [-0.2, 0) is 30.4 Å². The molecule has 16 nitrogen and oxygen atoms in total. The van der Waals surface area contributed by atoms with Crippen LogP contribution in [0.15, 0.2) is 79.0 Å². The van der Waals surface area contributed by atoms with Crippen molar-refractivity contribution >= 4 is 45.8 Å². The number of aromatic amines is 2. The Bertz CT molecular complexity index is 2950. The van der Waals surface area contributed by atoms with Gasteiger partial charge in [-0.05, 0) is 70.7 Å². The van der Waals surface area contributed by atoms with Gasteiger partial charge in [0.15, 0.2) is 0 Å². The number of imidazole rings is 2. The molecule has 0 radical (unpaired) electrons. The Morgan fingerprint density at radius 3 is 2.41 bits per heavy atom. The van der Waals surface area contributed by atoms with Crippen molar-refractivity contribution in [3.63, 3.8) is 0 Å². The van der Waals surface area contributed by atoms with Crippen molar-refractivity contribution < 1.29 is 38.1 Å². The van der Waals surface area contributed by atoms with Crippen molar-refractivity contribution in [2.24, 2.45) is 17.8 Å². The minimum Gasteiger partial charge on any atom is -0.488 e. The first kappa shape index (κ1) is 42.6. The molecule has 0 bridgehead atoms. The molecule has 2 saturated heterocycles. The van der Waals surface area contributed by atoms with Gasteiger partial charge in [-0.25, -0.2) is 19.6 Å². The van der Waals surface area contributed by atoms with E-state index in [-0.39, 0.29) is 47.7 Å². The van der Waals surface area contributed by atoms with Crippen LogP contribution in [-0.4, -0.2) is 100 Å². The standard InChI is InChI=1S/C50H50N8O8/c1-26(2)42(55-49(61)64-4)48(60)58-38-16-13-31(38)20-40(58)46-52-36-15-12-29-19-35-33-14-11-30(18-32(33)25-66-41(35)21-34(29)44(36)54-46)37-22-51-45(53-37)39-17-27(24-63-3)23-57(39)47(59)43(56-50(62)65-5)28-9-7-6-8-10-28/h6-12,14-15,18-19,21-22,26-27,31,38-40,42-43H,17,20,23-25H2,1-5H3,(H,51,53)(H,52,54)(H,55,61)(H,56,62)/t27-,31-,38-,39-,40-,42-,43+/m0/s1. The fraction of sp³-hybridized carbons (Fsp3) is 0.360. The second kappa shape index (κ2) is 17.2. The number of methoxy groups -OCH3 is 3. The zero-order valence-corrected chi connectivity index (χ0v) is 37.2. The average molecular weight is 891 g/mol. The summed E-state index contributed by atoms with van der Waals surface area (Å²) in [6, 6.07) is 20.9. The van der Waals surface area contributed by atoms with E-state index in [2.05, 4.69) is 62.8 Å². The molecule has 1 aliphatic carbocycles. The lowest BCUT2D eigenvalue weighted by molar-refractivity contribution is -0.137. The van der Waals surface area contributed by atoms with Crippen molar-refractivity contribution in [1.29, 1.82) is 0 Å². The van der Waals surface area contributed by atoms with Crippen molar-refractivity contribution in [2.75, 3.05) is 34.5 Å². The molecule has 16 heteroatoms. The smallest absolute Gasteiger partial charge is 0.407 e. The minimum atomic E-state index is -0.951. The summed E-state index contributed by atoms with van der Waals surface area (Å²) in [5.74, 6) is 7.89. The molecule has 6 aromatic rings. The largest absolute Gasteiger partial charge is 0.488 e. The number of alkyl carbamates (subject to hydrolysis) is 2. The lowest BCUT2D eigenvalue weighted by Crippen LogP contribution is -2.54. The second-order valence-electron chi connectivity index (χ2n) is 17.7. The van der Waals surface area contributed by atoms with Crippen LogP contribution in [0.1, 0.15) is 67.6 Å². The van der Waals surface area contributed by atoms with Gasteiger partial charge in [0.1, 0.15) is 42.1 Å². The van der Waals surface area contributed by atoms with E-state index >= 15 is 0 Å². The number of rotatable bonds is 11. The molecule has 7 atom stereocenters. The number of benzene rings is 4. The molecule has 4 aliphatic rings. The summed E-state index contributed by atoms with van der Waals surface area (Å²) in [4.78, 5) is 73.6. The highest BCUT2D eigenvalue weighted by atomic mass is 16.5. The van der Waals surface area contributed by atoms with Gasteiger partial charge in [0.05, 0.1) is 61.8 Å². The molecule has 66 heavy (non-hydrogen) atoms. The normalized spacial score (nSPS) is 21.2. The number of nitrogens with zero attached hydrogens (tertiary/aromatic N) is 4. The van der Waals surface area contributed by atoms with E-state index in [0.29, 0.717) is 49.8 Å².